The maximum Gasteiger partial charge on any atom is 0.271 e. The number of aliphatic hydroxyl groups is 1. The van der Waals surface area contributed by atoms with E-state index in [1.807, 2.05) is 26.0 Å². The number of Topliss-reactive ketones (excluding diaryl/α,β-unsaturated/α-hetero) is 1. The highest BCUT2D eigenvalue weighted by molar-refractivity contribution is 6.16. The van der Waals surface area contributed by atoms with Gasteiger partial charge in [0.1, 0.15) is 5.75 Å². The first-order chi connectivity index (χ1) is 14.7. The van der Waals surface area contributed by atoms with Crippen LogP contribution in [0.4, 0.5) is 5.69 Å². The second kappa shape index (κ2) is 6.28. The summed E-state index contributed by atoms with van der Waals surface area (Å²) in [4.78, 5) is 31.3. The second-order valence-corrected chi connectivity index (χ2v) is 8.59. The molecule has 0 aromatic heterocycles. The lowest BCUT2D eigenvalue weighted by molar-refractivity contribution is -0.174. The Balaban J connectivity index is 1.72. The SMILES string of the molecule is CC1=NCC(C(=O)NC23C(=O)c4c(N)cccc4C2(O)Oc2cc(C(C)C)ccc23)=C1. The van der Waals surface area contributed by atoms with Gasteiger partial charge in [-0.15, -0.1) is 0 Å². The fourth-order valence-corrected chi connectivity index (χ4v) is 4.69. The van der Waals surface area contributed by atoms with Gasteiger partial charge in [-0.05, 0) is 36.6 Å². The molecular formula is C24H23N3O4. The summed E-state index contributed by atoms with van der Waals surface area (Å²) in [6.45, 7) is 6.10. The summed E-state index contributed by atoms with van der Waals surface area (Å²) in [6, 6.07) is 10.3. The lowest BCUT2D eigenvalue weighted by atomic mass is 9.82. The van der Waals surface area contributed by atoms with Crippen LogP contribution < -0.4 is 15.8 Å². The minimum absolute atomic E-state index is 0.164. The van der Waals surface area contributed by atoms with Crippen LogP contribution in [0.2, 0.25) is 0 Å². The molecule has 1 amide bonds. The number of hydrogen-bond donors (Lipinski definition) is 3. The molecule has 2 aromatic rings. The van der Waals surface area contributed by atoms with Crippen molar-refractivity contribution >= 4 is 23.1 Å². The molecule has 1 aliphatic carbocycles. The Labute approximate surface area is 179 Å². The monoisotopic (exact) mass is 417 g/mol. The normalized spacial score (nSPS) is 25.5. The lowest BCUT2D eigenvalue weighted by Crippen LogP contribution is -2.60. The van der Waals surface area contributed by atoms with Gasteiger partial charge in [-0.3, -0.25) is 14.6 Å². The molecule has 0 radical (unpaired) electrons. The van der Waals surface area contributed by atoms with Crippen molar-refractivity contribution in [2.24, 2.45) is 4.99 Å². The molecule has 7 heteroatoms. The Bertz CT molecular complexity index is 1230. The van der Waals surface area contributed by atoms with Gasteiger partial charge >= 0.3 is 0 Å². The zero-order chi connectivity index (χ0) is 22.1. The number of anilines is 1. The van der Waals surface area contributed by atoms with Gasteiger partial charge in [-0.25, -0.2) is 0 Å². The third kappa shape index (κ3) is 2.41. The molecule has 7 nitrogen and oxygen atoms in total. The van der Waals surface area contributed by atoms with Crippen LogP contribution in [0.3, 0.4) is 0 Å². The summed E-state index contributed by atoms with van der Waals surface area (Å²) in [5.74, 6) is -2.51. The zero-order valence-corrected chi connectivity index (χ0v) is 17.5. The summed E-state index contributed by atoms with van der Waals surface area (Å²) in [7, 11) is 0. The first-order valence-corrected chi connectivity index (χ1v) is 10.2. The first kappa shape index (κ1) is 19.5. The summed E-state index contributed by atoms with van der Waals surface area (Å²) in [6.07, 6.45) is 1.67. The number of allylic oxidation sites excluding steroid dienone is 1. The topological polar surface area (TPSA) is 114 Å². The van der Waals surface area contributed by atoms with Crippen molar-refractivity contribution < 1.29 is 19.4 Å². The summed E-state index contributed by atoms with van der Waals surface area (Å²) >= 11 is 0. The van der Waals surface area contributed by atoms with E-state index in [-0.39, 0.29) is 29.3 Å². The van der Waals surface area contributed by atoms with Crippen molar-refractivity contribution in [2.45, 2.75) is 38.0 Å². The van der Waals surface area contributed by atoms with Crippen molar-refractivity contribution in [3.63, 3.8) is 0 Å². The van der Waals surface area contributed by atoms with Crippen LogP contribution in [0.5, 0.6) is 5.75 Å². The van der Waals surface area contributed by atoms with Gasteiger partial charge in [0.05, 0.1) is 12.1 Å². The Morgan fingerprint density at radius 1 is 1.26 bits per heavy atom. The van der Waals surface area contributed by atoms with Crippen LogP contribution in [0, 0.1) is 0 Å². The summed E-state index contributed by atoms with van der Waals surface area (Å²) in [5, 5.41) is 14.7. The average molecular weight is 417 g/mol. The van der Waals surface area contributed by atoms with Crippen LogP contribution in [0.1, 0.15) is 53.7 Å². The number of benzene rings is 2. The number of nitrogen functional groups attached to an aromatic ring is 1. The Kier molecular flexibility index (Phi) is 3.95. The maximum absolute atomic E-state index is 13.8. The molecule has 2 heterocycles. The van der Waals surface area contributed by atoms with Gasteiger partial charge in [0.15, 0.2) is 0 Å². The van der Waals surface area contributed by atoms with Crippen molar-refractivity contribution in [3.05, 3.63) is 70.3 Å². The van der Waals surface area contributed by atoms with Crippen molar-refractivity contribution in [1.29, 1.82) is 0 Å². The summed E-state index contributed by atoms with van der Waals surface area (Å²) < 4.78 is 6.07. The zero-order valence-electron chi connectivity index (χ0n) is 17.5. The van der Waals surface area contributed by atoms with Crippen molar-refractivity contribution in [3.8, 4) is 5.75 Å². The molecule has 5 rings (SSSR count). The highest BCUT2D eigenvalue weighted by atomic mass is 16.6. The van der Waals surface area contributed by atoms with E-state index >= 15 is 0 Å². The van der Waals surface area contributed by atoms with Gasteiger partial charge in [0.25, 0.3) is 5.79 Å². The standard InChI is InChI=1S/C24H23N3O4/c1-12(2)14-7-8-16-19(10-14)31-24(30)17-5-4-6-18(25)20(17)21(28)23(16,24)27-22(29)15-9-13(3)26-11-15/h4-10,12,30H,11,25H2,1-3H3,(H,27,29). The molecule has 0 spiro atoms. The van der Waals surface area contributed by atoms with Gasteiger partial charge < -0.3 is 20.9 Å². The summed E-state index contributed by atoms with van der Waals surface area (Å²) in [5.41, 5.74) is 7.44. The highest BCUT2D eigenvalue weighted by Crippen LogP contribution is 2.59. The molecule has 2 aromatic carbocycles. The van der Waals surface area contributed by atoms with Crippen molar-refractivity contribution in [1.82, 2.24) is 5.32 Å². The molecule has 3 aliphatic rings. The molecular weight excluding hydrogens is 394 g/mol. The van der Waals surface area contributed by atoms with Gasteiger partial charge in [0.2, 0.25) is 17.2 Å². The maximum atomic E-state index is 13.8. The van der Waals surface area contributed by atoms with E-state index in [1.165, 1.54) is 0 Å². The van der Waals surface area contributed by atoms with Crippen LogP contribution in [-0.4, -0.2) is 29.1 Å². The number of carbonyl (C=O) groups excluding carboxylic acids is 2. The van der Waals surface area contributed by atoms with Gasteiger partial charge in [0, 0.05) is 28.1 Å². The van der Waals surface area contributed by atoms with Crippen LogP contribution in [-0.2, 0) is 16.1 Å². The van der Waals surface area contributed by atoms with E-state index in [0.29, 0.717) is 16.9 Å². The number of ether oxygens (including phenoxy) is 1. The number of nitrogens with zero attached hydrogens (tertiary/aromatic N) is 1. The van der Waals surface area contributed by atoms with Crippen LogP contribution >= 0.6 is 0 Å². The molecule has 31 heavy (non-hydrogen) atoms. The number of carbonyl (C=O) groups is 2. The fraction of sp³-hybridized carbons (Fsp3) is 0.292. The minimum Gasteiger partial charge on any atom is -0.454 e. The number of aliphatic imine (C=N–C) groups is 1. The predicted molar refractivity (Wildman–Crippen MR) is 116 cm³/mol. The largest absolute Gasteiger partial charge is 0.454 e. The number of hydrogen-bond acceptors (Lipinski definition) is 6. The predicted octanol–water partition coefficient (Wildman–Crippen LogP) is 2.54. The molecule has 0 bridgehead atoms. The molecule has 4 N–H and O–H groups in total. The fourth-order valence-electron chi connectivity index (χ4n) is 4.69. The molecule has 0 saturated heterocycles. The molecule has 2 unspecified atom stereocenters. The first-order valence-electron chi connectivity index (χ1n) is 10.2. The van der Waals surface area contributed by atoms with E-state index in [4.69, 9.17) is 10.5 Å². The number of nitrogens with two attached hydrogens (primary N) is 1. The Morgan fingerprint density at radius 3 is 2.71 bits per heavy atom. The van der Waals surface area contributed by atoms with E-state index in [0.717, 1.165) is 11.3 Å². The number of fused-ring (bicyclic) bond motifs is 5. The van der Waals surface area contributed by atoms with Crippen LogP contribution in [0.15, 0.2) is 53.0 Å². The molecule has 2 aliphatic heterocycles. The van der Waals surface area contributed by atoms with Gasteiger partial charge in [-0.1, -0.05) is 38.1 Å². The quantitative estimate of drug-likeness (QED) is 0.664. The second-order valence-electron chi connectivity index (χ2n) is 8.59. The molecule has 0 saturated carbocycles. The third-order valence-electron chi connectivity index (χ3n) is 6.35. The number of ketones is 1. The number of nitrogens with one attached hydrogen (secondary N) is 1. The minimum atomic E-state index is -2.11. The van der Waals surface area contributed by atoms with E-state index in [1.54, 1.807) is 37.3 Å². The Hall–Kier alpha value is -3.45. The van der Waals surface area contributed by atoms with E-state index in [2.05, 4.69) is 10.3 Å². The molecule has 2 atom stereocenters. The van der Waals surface area contributed by atoms with E-state index in [9.17, 15) is 14.7 Å². The van der Waals surface area contributed by atoms with Crippen LogP contribution in [0.25, 0.3) is 0 Å². The van der Waals surface area contributed by atoms with Gasteiger partial charge in [-0.2, -0.15) is 0 Å². The third-order valence-corrected chi connectivity index (χ3v) is 6.35. The average Bonchev–Trinajstić information content (AvgIpc) is 3.32. The van der Waals surface area contributed by atoms with E-state index < -0.39 is 23.0 Å². The number of rotatable bonds is 3. The molecule has 0 fully saturated rings. The lowest BCUT2D eigenvalue weighted by Gasteiger charge is -2.34. The highest BCUT2D eigenvalue weighted by Gasteiger charge is 2.72. The van der Waals surface area contributed by atoms with Crippen molar-refractivity contribution in [2.75, 3.05) is 12.3 Å². The Morgan fingerprint density at radius 2 is 2.03 bits per heavy atom. The number of amides is 1. The smallest absolute Gasteiger partial charge is 0.271 e. The molecule has 158 valence electrons.